The van der Waals surface area contributed by atoms with Crippen molar-refractivity contribution in [1.29, 1.82) is 0 Å². The van der Waals surface area contributed by atoms with E-state index < -0.39 is 0 Å². The van der Waals surface area contributed by atoms with Gasteiger partial charge in [0.25, 0.3) is 0 Å². The molecular formula is C37H28N2. The minimum absolute atomic E-state index is 0.337. The van der Waals surface area contributed by atoms with Gasteiger partial charge < -0.3 is 0 Å². The highest BCUT2D eigenvalue weighted by molar-refractivity contribution is 5.79. The fraction of sp³-hybridized carbons (Fsp3) is 0.0811. The molecule has 0 bridgehead atoms. The fourth-order valence-electron chi connectivity index (χ4n) is 5.91. The summed E-state index contributed by atoms with van der Waals surface area (Å²) < 4.78 is 0. The number of nitrogens with zero attached hydrogens (tertiary/aromatic N) is 2. The van der Waals surface area contributed by atoms with Crippen LogP contribution in [0.15, 0.2) is 133 Å². The Labute approximate surface area is 229 Å². The minimum Gasteiger partial charge on any atom is -0.228 e. The Hall–Kier alpha value is -4.82. The zero-order chi connectivity index (χ0) is 26.2. The van der Waals surface area contributed by atoms with Gasteiger partial charge in [-0.05, 0) is 59.4 Å². The summed E-state index contributed by atoms with van der Waals surface area (Å²) in [6, 6.07) is 47.3. The van der Waals surface area contributed by atoms with E-state index in [0.29, 0.717) is 5.92 Å². The fourth-order valence-corrected chi connectivity index (χ4v) is 5.91. The Balaban J connectivity index is 1.32. The van der Waals surface area contributed by atoms with Crippen LogP contribution >= 0.6 is 0 Å². The van der Waals surface area contributed by atoms with E-state index >= 15 is 0 Å². The summed E-state index contributed by atoms with van der Waals surface area (Å²) in [7, 11) is 0. The van der Waals surface area contributed by atoms with Gasteiger partial charge in [0.2, 0.25) is 0 Å². The zero-order valence-electron chi connectivity index (χ0n) is 21.9. The maximum absolute atomic E-state index is 5.07. The maximum atomic E-state index is 5.07. The molecular weight excluding hydrogens is 472 g/mol. The van der Waals surface area contributed by atoms with Gasteiger partial charge in [0.1, 0.15) is 0 Å². The van der Waals surface area contributed by atoms with E-state index in [0.717, 1.165) is 40.3 Å². The topological polar surface area (TPSA) is 25.8 Å². The standard InChI is InChI=1S/C37H28N2/c1-25-20-26(23-34-32-18-10-8-16-30(32)31-17-9-11-19-33(31)34)22-29(21-25)37-38-35(27-12-4-2-5-13-27)24-36(39-37)28-14-6-3-7-15-28/h2-22,24,34H,23H2,1H3. The average molecular weight is 501 g/mol. The minimum atomic E-state index is 0.337. The summed E-state index contributed by atoms with van der Waals surface area (Å²) in [6.07, 6.45) is 0.937. The lowest BCUT2D eigenvalue weighted by molar-refractivity contribution is 0.826. The molecule has 1 aliphatic rings. The molecule has 186 valence electrons. The summed E-state index contributed by atoms with van der Waals surface area (Å²) in [5.41, 5.74) is 13.2. The van der Waals surface area contributed by atoms with E-state index in [-0.39, 0.29) is 0 Å². The molecule has 7 rings (SSSR count). The van der Waals surface area contributed by atoms with Gasteiger partial charge in [-0.1, -0.05) is 121 Å². The lowest BCUT2D eigenvalue weighted by Gasteiger charge is -2.16. The lowest BCUT2D eigenvalue weighted by atomic mass is 9.89. The molecule has 0 saturated carbocycles. The van der Waals surface area contributed by atoms with E-state index in [2.05, 4.69) is 128 Å². The quantitative estimate of drug-likeness (QED) is 0.236. The van der Waals surface area contributed by atoms with Crippen molar-refractivity contribution in [3.63, 3.8) is 0 Å². The Morgan fingerprint density at radius 2 is 1.03 bits per heavy atom. The maximum Gasteiger partial charge on any atom is 0.160 e. The van der Waals surface area contributed by atoms with Crippen LogP contribution in [0.3, 0.4) is 0 Å². The largest absolute Gasteiger partial charge is 0.228 e. The Morgan fingerprint density at radius 3 is 1.59 bits per heavy atom. The first kappa shape index (κ1) is 23.3. The van der Waals surface area contributed by atoms with Gasteiger partial charge >= 0.3 is 0 Å². The van der Waals surface area contributed by atoms with Crippen molar-refractivity contribution in [3.05, 3.63) is 156 Å². The summed E-state index contributed by atoms with van der Waals surface area (Å²) >= 11 is 0. The van der Waals surface area contributed by atoms with Crippen molar-refractivity contribution in [2.75, 3.05) is 0 Å². The molecule has 0 unspecified atom stereocenters. The molecule has 6 aromatic rings. The molecule has 1 aromatic heterocycles. The molecule has 39 heavy (non-hydrogen) atoms. The molecule has 0 saturated heterocycles. The predicted octanol–water partition coefficient (Wildman–Crippen LogP) is 9.14. The molecule has 0 atom stereocenters. The van der Waals surface area contributed by atoms with Crippen molar-refractivity contribution in [3.8, 4) is 45.0 Å². The van der Waals surface area contributed by atoms with Crippen LogP contribution in [0.2, 0.25) is 0 Å². The summed E-state index contributed by atoms with van der Waals surface area (Å²) in [4.78, 5) is 10.1. The number of fused-ring (bicyclic) bond motifs is 3. The number of hydrogen-bond donors (Lipinski definition) is 0. The molecule has 2 nitrogen and oxygen atoms in total. The lowest BCUT2D eigenvalue weighted by Crippen LogP contribution is -2.03. The second-order valence-electron chi connectivity index (χ2n) is 10.3. The van der Waals surface area contributed by atoms with Gasteiger partial charge in [-0.2, -0.15) is 0 Å². The zero-order valence-corrected chi connectivity index (χ0v) is 21.9. The van der Waals surface area contributed by atoms with Gasteiger partial charge in [-0.25, -0.2) is 9.97 Å². The van der Waals surface area contributed by atoms with Crippen LogP contribution in [0.1, 0.15) is 28.2 Å². The van der Waals surface area contributed by atoms with Gasteiger partial charge in [0.15, 0.2) is 5.82 Å². The van der Waals surface area contributed by atoms with Crippen molar-refractivity contribution in [1.82, 2.24) is 9.97 Å². The third-order valence-corrected chi connectivity index (χ3v) is 7.66. The summed E-state index contributed by atoms with van der Waals surface area (Å²) in [6.45, 7) is 2.17. The highest BCUT2D eigenvalue weighted by Gasteiger charge is 2.28. The first-order valence-electron chi connectivity index (χ1n) is 13.5. The molecule has 0 N–H and O–H groups in total. The molecule has 2 heteroatoms. The van der Waals surface area contributed by atoms with E-state index in [1.807, 2.05) is 12.1 Å². The van der Waals surface area contributed by atoms with Gasteiger partial charge in [0.05, 0.1) is 11.4 Å². The number of benzene rings is 5. The van der Waals surface area contributed by atoms with Gasteiger partial charge in [-0.3, -0.25) is 0 Å². The van der Waals surface area contributed by atoms with E-state index in [1.54, 1.807) is 0 Å². The van der Waals surface area contributed by atoms with Crippen LogP contribution in [0.25, 0.3) is 45.0 Å². The Morgan fingerprint density at radius 1 is 0.513 bits per heavy atom. The van der Waals surface area contributed by atoms with Crippen molar-refractivity contribution >= 4 is 0 Å². The van der Waals surface area contributed by atoms with Crippen LogP contribution in [0, 0.1) is 6.92 Å². The first-order valence-corrected chi connectivity index (χ1v) is 13.5. The molecule has 0 fully saturated rings. The predicted molar refractivity (Wildman–Crippen MR) is 161 cm³/mol. The monoisotopic (exact) mass is 500 g/mol. The van der Waals surface area contributed by atoms with Crippen molar-refractivity contribution < 1.29 is 0 Å². The smallest absolute Gasteiger partial charge is 0.160 e. The SMILES string of the molecule is Cc1cc(CC2c3ccccc3-c3ccccc32)cc(-c2nc(-c3ccccc3)cc(-c3ccccc3)n2)c1. The normalized spacial score (nSPS) is 12.2. The van der Waals surface area contributed by atoms with Crippen LogP contribution in [-0.4, -0.2) is 9.97 Å². The molecule has 0 spiro atoms. The van der Waals surface area contributed by atoms with Crippen molar-refractivity contribution in [2.24, 2.45) is 0 Å². The second kappa shape index (κ2) is 9.81. The average Bonchev–Trinajstić information content (AvgIpc) is 3.31. The highest BCUT2D eigenvalue weighted by Crippen LogP contribution is 2.46. The van der Waals surface area contributed by atoms with Crippen LogP contribution in [-0.2, 0) is 6.42 Å². The molecule has 0 aliphatic heterocycles. The third-order valence-electron chi connectivity index (χ3n) is 7.66. The summed E-state index contributed by atoms with van der Waals surface area (Å²) in [5.74, 6) is 1.09. The molecule has 1 aliphatic carbocycles. The van der Waals surface area contributed by atoms with E-state index in [9.17, 15) is 0 Å². The summed E-state index contributed by atoms with van der Waals surface area (Å²) in [5, 5.41) is 0. The first-order chi connectivity index (χ1) is 19.2. The van der Waals surface area contributed by atoms with Crippen molar-refractivity contribution in [2.45, 2.75) is 19.3 Å². The van der Waals surface area contributed by atoms with Gasteiger partial charge in [0, 0.05) is 22.6 Å². The van der Waals surface area contributed by atoms with Crippen LogP contribution < -0.4 is 0 Å². The number of hydrogen-bond acceptors (Lipinski definition) is 2. The Kier molecular flexibility index (Phi) is 5.86. The number of aryl methyl sites for hydroxylation is 1. The third kappa shape index (κ3) is 4.45. The van der Waals surface area contributed by atoms with Gasteiger partial charge in [-0.15, -0.1) is 0 Å². The van der Waals surface area contributed by atoms with E-state index in [4.69, 9.17) is 9.97 Å². The Bertz CT molecular complexity index is 1690. The second-order valence-corrected chi connectivity index (χ2v) is 10.3. The van der Waals surface area contributed by atoms with E-state index in [1.165, 1.54) is 33.4 Å². The van der Waals surface area contributed by atoms with Crippen LogP contribution in [0.5, 0.6) is 0 Å². The highest BCUT2D eigenvalue weighted by atomic mass is 14.9. The molecule has 1 heterocycles. The number of aromatic nitrogens is 2. The number of rotatable bonds is 5. The molecule has 0 radical (unpaired) electrons. The molecule has 0 amide bonds. The molecule has 5 aromatic carbocycles. The van der Waals surface area contributed by atoms with Crippen LogP contribution in [0.4, 0.5) is 0 Å².